The van der Waals surface area contributed by atoms with Gasteiger partial charge in [-0.05, 0) is 29.3 Å². The summed E-state index contributed by atoms with van der Waals surface area (Å²) in [4.78, 5) is 2.18. The van der Waals surface area contributed by atoms with Gasteiger partial charge in [-0.1, -0.05) is 30.3 Å². The highest BCUT2D eigenvalue weighted by molar-refractivity contribution is 7.88. The van der Waals surface area contributed by atoms with Gasteiger partial charge in [0.25, 0.3) is 0 Å². The zero-order chi connectivity index (χ0) is 16.4. The molecular formula is C17H21N3O2S. The van der Waals surface area contributed by atoms with E-state index in [-0.39, 0.29) is 0 Å². The third kappa shape index (κ3) is 3.65. The number of nitrogen functional groups attached to an aromatic ring is 1. The zero-order valence-corrected chi connectivity index (χ0v) is 14.0. The van der Waals surface area contributed by atoms with Crippen molar-refractivity contribution in [3.05, 3.63) is 48.5 Å². The Balaban J connectivity index is 1.83. The third-order valence-electron chi connectivity index (χ3n) is 4.12. The molecule has 0 radical (unpaired) electrons. The Morgan fingerprint density at radius 3 is 2.17 bits per heavy atom. The van der Waals surface area contributed by atoms with Crippen LogP contribution in [0, 0.1) is 0 Å². The van der Waals surface area contributed by atoms with Gasteiger partial charge in [0.15, 0.2) is 0 Å². The van der Waals surface area contributed by atoms with Crippen LogP contribution in [0.15, 0.2) is 48.5 Å². The molecule has 1 fully saturated rings. The zero-order valence-electron chi connectivity index (χ0n) is 13.1. The van der Waals surface area contributed by atoms with Crippen molar-refractivity contribution >= 4 is 21.4 Å². The van der Waals surface area contributed by atoms with E-state index < -0.39 is 10.0 Å². The Morgan fingerprint density at radius 1 is 0.913 bits per heavy atom. The van der Waals surface area contributed by atoms with Crippen LogP contribution in [-0.2, 0) is 10.0 Å². The smallest absolute Gasteiger partial charge is 0.211 e. The van der Waals surface area contributed by atoms with E-state index in [9.17, 15) is 8.42 Å². The maximum Gasteiger partial charge on any atom is 0.211 e. The first-order chi connectivity index (χ1) is 10.9. The van der Waals surface area contributed by atoms with Gasteiger partial charge < -0.3 is 10.6 Å². The molecule has 23 heavy (non-hydrogen) atoms. The second-order valence-electron chi connectivity index (χ2n) is 5.83. The second kappa shape index (κ2) is 6.22. The summed E-state index contributed by atoms with van der Waals surface area (Å²) in [5, 5.41) is 0. The number of anilines is 2. The van der Waals surface area contributed by atoms with Crippen LogP contribution in [0.2, 0.25) is 0 Å². The summed E-state index contributed by atoms with van der Waals surface area (Å²) in [6, 6.07) is 16.1. The molecule has 1 aliphatic heterocycles. The fourth-order valence-electron chi connectivity index (χ4n) is 2.89. The Bertz CT molecular complexity index is 783. The fraction of sp³-hybridized carbons (Fsp3) is 0.294. The lowest BCUT2D eigenvalue weighted by Gasteiger charge is -2.35. The van der Waals surface area contributed by atoms with Gasteiger partial charge in [-0.3, -0.25) is 0 Å². The standard InChI is InChI=1S/C17H21N3O2S/c1-23(21,22)20-9-7-19(8-10-20)17-12-15(11-16(18)13-17)14-5-3-2-4-6-14/h2-6,11-13H,7-10,18H2,1H3. The molecule has 0 bridgehead atoms. The summed E-state index contributed by atoms with van der Waals surface area (Å²) >= 11 is 0. The van der Waals surface area contributed by atoms with Crippen LogP contribution in [0.1, 0.15) is 0 Å². The molecule has 1 heterocycles. The van der Waals surface area contributed by atoms with Gasteiger partial charge in [0.05, 0.1) is 6.26 Å². The van der Waals surface area contributed by atoms with E-state index in [1.807, 2.05) is 30.3 Å². The highest BCUT2D eigenvalue weighted by Crippen LogP contribution is 2.28. The molecule has 2 aromatic carbocycles. The van der Waals surface area contributed by atoms with Gasteiger partial charge in [0.2, 0.25) is 10.0 Å². The van der Waals surface area contributed by atoms with Crippen LogP contribution in [0.5, 0.6) is 0 Å². The van der Waals surface area contributed by atoms with Gasteiger partial charge in [-0.2, -0.15) is 4.31 Å². The monoisotopic (exact) mass is 331 g/mol. The average molecular weight is 331 g/mol. The fourth-order valence-corrected chi connectivity index (χ4v) is 3.72. The number of benzene rings is 2. The molecule has 0 spiro atoms. The summed E-state index contributed by atoms with van der Waals surface area (Å²) in [5.41, 5.74) is 10.0. The quantitative estimate of drug-likeness (QED) is 0.874. The number of sulfonamides is 1. The van der Waals surface area contributed by atoms with Crippen LogP contribution < -0.4 is 10.6 Å². The predicted molar refractivity (Wildman–Crippen MR) is 94.9 cm³/mol. The normalized spacial score (nSPS) is 16.5. The molecule has 1 saturated heterocycles. The molecule has 2 N–H and O–H groups in total. The van der Waals surface area contributed by atoms with Gasteiger partial charge in [0.1, 0.15) is 0 Å². The molecule has 122 valence electrons. The minimum absolute atomic E-state index is 0.508. The SMILES string of the molecule is CS(=O)(=O)N1CCN(c2cc(N)cc(-c3ccccc3)c2)CC1. The molecule has 0 atom stereocenters. The van der Waals surface area contributed by atoms with E-state index in [1.54, 1.807) is 0 Å². The van der Waals surface area contributed by atoms with Gasteiger partial charge in [0, 0.05) is 37.6 Å². The van der Waals surface area contributed by atoms with Crippen molar-refractivity contribution in [3.8, 4) is 11.1 Å². The minimum Gasteiger partial charge on any atom is -0.399 e. The summed E-state index contributed by atoms with van der Waals surface area (Å²) in [7, 11) is -3.11. The number of hydrogen-bond acceptors (Lipinski definition) is 4. The average Bonchev–Trinajstić information content (AvgIpc) is 2.54. The number of nitrogens with zero attached hydrogens (tertiary/aromatic N) is 2. The first-order valence-corrected chi connectivity index (χ1v) is 9.44. The van der Waals surface area contributed by atoms with E-state index in [2.05, 4.69) is 23.1 Å². The maximum absolute atomic E-state index is 11.6. The first kappa shape index (κ1) is 15.8. The van der Waals surface area contributed by atoms with Crippen molar-refractivity contribution in [2.45, 2.75) is 0 Å². The topological polar surface area (TPSA) is 66.6 Å². The number of hydrogen-bond donors (Lipinski definition) is 1. The Hall–Kier alpha value is -2.05. The molecule has 3 rings (SSSR count). The second-order valence-corrected chi connectivity index (χ2v) is 7.81. The lowest BCUT2D eigenvalue weighted by atomic mass is 10.0. The molecule has 5 nitrogen and oxygen atoms in total. The lowest BCUT2D eigenvalue weighted by Crippen LogP contribution is -2.48. The van der Waals surface area contributed by atoms with Gasteiger partial charge in [-0.25, -0.2) is 8.42 Å². The van der Waals surface area contributed by atoms with Crippen LogP contribution >= 0.6 is 0 Å². The highest BCUT2D eigenvalue weighted by Gasteiger charge is 2.23. The van der Waals surface area contributed by atoms with Crippen LogP contribution in [0.4, 0.5) is 11.4 Å². The van der Waals surface area contributed by atoms with Crippen LogP contribution in [-0.4, -0.2) is 45.2 Å². The van der Waals surface area contributed by atoms with E-state index in [0.717, 1.165) is 16.8 Å². The predicted octanol–water partition coefficient (Wildman–Crippen LogP) is 2.02. The molecule has 0 aliphatic carbocycles. The summed E-state index contributed by atoms with van der Waals surface area (Å²) in [6.07, 6.45) is 1.26. The maximum atomic E-state index is 11.6. The summed E-state index contributed by atoms with van der Waals surface area (Å²) < 4.78 is 24.7. The molecular weight excluding hydrogens is 310 g/mol. The summed E-state index contributed by atoms with van der Waals surface area (Å²) in [6.45, 7) is 2.36. The third-order valence-corrected chi connectivity index (χ3v) is 5.42. The lowest BCUT2D eigenvalue weighted by molar-refractivity contribution is 0.388. The first-order valence-electron chi connectivity index (χ1n) is 7.59. The minimum atomic E-state index is -3.11. The van der Waals surface area contributed by atoms with E-state index in [1.165, 1.54) is 10.6 Å². The Morgan fingerprint density at radius 2 is 1.57 bits per heavy atom. The van der Waals surface area contributed by atoms with Crippen molar-refractivity contribution in [3.63, 3.8) is 0 Å². The van der Waals surface area contributed by atoms with E-state index in [0.29, 0.717) is 31.9 Å². The number of nitrogens with two attached hydrogens (primary N) is 1. The molecule has 1 aliphatic rings. The van der Waals surface area contributed by atoms with Crippen LogP contribution in [0.3, 0.4) is 0 Å². The number of piperazine rings is 1. The molecule has 6 heteroatoms. The summed E-state index contributed by atoms with van der Waals surface area (Å²) in [5.74, 6) is 0. The number of rotatable bonds is 3. The molecule has 0 amide bonds. The van der Waals surface area contributed by atoms with Crippen molar-refractivity contribution in [2.75, 3.05) is 43.1 Å². The molecule has 0 aromatic heterocycles. The highest BCUT2D eigenvalue weighted by atomic mass is 32.2. The van der Waals surface area contributed by atoms with E-state index in [4.69, 9.17) is 5.73 Å². The Kier molecular flexibility index (Phi) is 4.28. The molecule has 2 aromatic rings. The van der Waals surface area contributed by atoms with Gasteiger partial charge >= 0.3 is 0 Å². The van der Waals surface area contributed by atoms with Crippen LogP contribution in [0.25, 0.3) is 11.1 Å². The van der Waals surface area contributed by atoms with Crippen molar-refractivity contribution in [1.29, 1.82) is 0 Å². The Labute approximate surface area is 137 Å². The largest absolute Gasteiger partial charge is 0.399 e. The molecule has 0 saturated carbocycles. The van der Waals surface area contributed by atoms with Gasteiger partial charge in [-0.15, -0.1) is 0 Å². The van der Waals surface area contributed by atoms with Crippen molar-refractivity contribution in [2.24, 2.45) is 0 Å². The molecule has 0 unspecified atom stereocenters. The van der Waals surface area contributed by atoms with Crippen molar-refractivity contribution in [1.82, 2.24) is 4.31 Å². The van der Waals surface area contributed by atoms with Crippen molar-refractivity contribution < 1.29 is 8.42 Å². The van der Waals surface area contributed by atoms with E-state index >= 15 is 0 Å².